The van der Waals surface area contributed by atoms with Crippen LogP contribution in [0.15, 0.2) is 0 Å². The largest absolute Gasteiger partial charge is 0.378 e. The third-order valence-electron chi connectivity index (χ3n) is 8.63. The molecule has 0 radical (unpaired) electrons. The zero-order valence-electron chi connectivity index (χ0n) is 20.4. The van der Waals surface area contributed by atoms with Gasteiger partial charge in [0.15, 0.2) is 0 Å². The van der Waals surface area contributed by atoms with Crippen molar-refractivity contribution in [2.45, 2.75) is 89.1 Å². The van der Waals surface area contributed by atoms with E-state index < -0.39 is 5.54 Å². The van der Waals surface area contributed by atoms with E-state index >= 15 is 0 Å². The molecule has 33 heavy (non-hydrogen) atoms. The molecule has 2 heterocycles. The number of nitrogens with zero attached hydrogens (tertiary/aromatic N) is 3. The Kier molecular flexibility index (Phi) is 8.29. The number of carbonyl (C=O) groups is 2. The molecule has 7 heteroatoms. The average Bonchev–Trinajstić information content (AvgIpc) is 3.51. The van der Waals surface area contributed by atoms with Crippen LogP contribution in [0, 0.1) is 29.1 Å². The Morgan fingerprint density at radius 2 is 1.79 bits per heavy atom. The second kappa shape index (κ2) is 11.2. The lowest BCUT2D eigenvalue weighted by atomic mass is 9.77. The Morgan fingerprint density at radius 3 is 2.45 bits per heavy atom. The number of hydrogen-bond donors (Lipinski definition) is 1. The summed E-state index contributed by atoms with van der Waals surface area (Å²) in [4.78, 5) is 30.9. The lowest BCUT2D eigenvalue weighted by molar-refractivity contribution is -0.140. The molecule has 2 aliphatic carbocycles. The van der Waals surface area contributed by atoms with E-state index in [-0.39, 0.29) is 24.2 Å². The lowest BCUT2D eigenvalue weighted by Gasteiger charge is -2.33. The molecule has 1 N–H and O–H groups in total. The van der Waals surface area contributed by atoms with Gasteiger partial charge in [-0.1, -0.05) is 45.4 Å². The van der Waals surface area contributed by atoms with Gasteiger partial charge in [0.2, 0.25) is 11.8 Å². The SMILES string of the molecule is CC1CCC(CC(CC(=O)N2CCOCC2)C(=O)NC2(C#N)CCN(C3CCCC3)C2)CC1. The number of amides is 2. The van der Waals surface area contributed by atoms with Crippen LogP contribution in [-0.2, 0) is 14.3 Å². The van der Waals surface area contributed by atoms with Gasteiger partial charge in [-0.15, -0.1) is 0 Å². The Morgan fingerprint density at radius 1 is 1.09 bits per heavy atom. The van der Waals surface area contributed by atoms with Gasteiger partial charge in [0.05, 0.1) is 19.3 Å². The average molecular weight is 459 g/mol. The highest BCUT2D eigenvalue weighted by molar-refractivity contribution is 5.86. The summed E-state index contributed by atoms with van der Waals surface area (Å²) in [5.74, 6) is 0.846. The Balaban J connectivity index is 1.41. The first-order valence-corrected chi connectivity index (χ1v) is 13.3. The maximum Gasteiger partial charge on any atom is 0.224 e. The van der Waals surface area contributed by atoms with E-state index in [1.165, 1.54) is 38.5 Å². The van der Waals surface area contributed by atoms with Gasteiger partial charge in [0.25, 0.3) is 0 Å². The van der Waals surface area contributed by atoms with E-state index in [4.69, 9.17) is 4.74 Å². The molecule has 2 unspecified atom stereocenters. The molecule has 2 saturated carbocycles. The third kappa shape index (κ3) is 6.27. The molecule has 2 amide bonds. The minimum atomic E-state index is -0.818. The Bertz CT molecular complexity index is 718. The fourth-order valence-corrected chi connectivity index (χ4v) is 6.38. The molecule has 184 valence electrons. The number of rotatable bonds is 7. The van der Waals surface area contributed by atoms with Crippen LogP contribution in [0.4, 0.5) is 0 Å². The van der Waals surface area contributed by atoms with Crippen LogP contribution in [-0.4, -0.2) is 72.6 Å². The summed E-state index contributed by atoms with van der Waals surface area (Å²) in [5, 5.41) is 13.2. The number of morpholine rings is 1. The van der Waals surface area contributed by atoms with Crippen LogP contribution in [0.5, 0.6) is 0 Å². The van der Waals surface area contributed by atoms with Crippen LogP contribution < -0.4 is 5.32 Å². The normalized spacial score (nSPS) is 32.4. The van der Waals surface area contributed by atoms with Gasteiger partial charge in [-0.2, -0.15) is 5.26 Å². The summed E-state index contributed by atoms with van der Waals surface area (Å²) < 4.78 is 5.39. The molecule has 2 atom stereocenters. The highest BCUT2D eigenvalue weighted by atomic mass is 16.5. The van der Waals surface area contributed by atoms with Gasteiger partial charge in [-0.25, -0.2) is 0 Å². The summed E-state index contributed by atoms with van der Waals surface area (Å²) in [7, 11) is 0. The van der Waals surface area contributed by atoms with Gasteiger partial charge in [0.1, 0.15) is 5.54 Å². The molecular weight excluding hydrogens is 416 g/mol. The fraction of sp³-hybridized carbons (Fsp3) is 0.885. The molecule has 2 saturated heterocycles. The van der Waals surface area contributed by atoms with Crippen molar-refractivity contribution in [2.24, 2.45) is 17.8 Å². The summed E-state index contributed by atoms with van der Waals surface area (Å²) in [5.41, 5.74) is -0.818. The summed E-state index contributed by atoms with van der Waals surface area (Å²) >= 11 is 0. The second-order valence-corrected chi connectivity index (χ2v) is 11.1. The van der Waals surface area contributed by atoms with E-state index in [0.29, 0.717) is 51.2 Å². The zero-order chi connectivity index (χ0) is 23.3. The molecule has 4 fully saturated rings. The van der Waals surface area contributed by atoms with Crippen molar-refractivity contribution in [1.82, 2.24) is 15.1 Å². The lowest BCUT2D eigenvalue weighted by Crippen LogP contribution is -2.52. The van der Waals surface area contributed by atoms with E-state index in [0.717, 1.165) is 31.7 Å². The minimum absolute atomic E-state index is 0.0487. The number of nitriles is 1. The molecule has 0 aromatic carbocycles. The van der Waals surface area contributed by atoms with Crippen molar-refractivity contribution in [3.8, 4) is 6.07 Å². The molecule has 0 aromatic rings. The van der Waals surface area contributed by atoms with E-state index in [9.17, 15) is 14.9 Å². The van der Waals surface area contributed by atoms with Crippen molar-refractivity contribution >= 4 is 11.8 Å². The first kappa shape index (κ1) is 24.5. The smallest absolute Gasteiger partial charge is 0.224 e. The second-order valence-electron chi connectivity index (χ2n) is 11.1. The predicted octanol–water partition coefficient (Wildman–Crippen LogP) is 3.09. The topological polar surface area (TPSA) is 85.7 Å². The van der Waals surface area contributed by atoms with Gasteiger partial charge in [0, 0.05) is 44.6 Å². The maximum atomic E-state index is 13.6. The third-order valence-corrected chi connectivity index (χ3v) is 8.63. The minimum Gasteiger partial charge on any atom is -0.378 e. The van der Waals surface area contributed by atoms with Crippen molar-refractivity contribution in [3.05, 3.63) is 0 Å². The van der Waals surface area contributed by atoms with Crippen molar-refractivity contribution in [1.29, 1.82) is 5.26 Å². The number of hydrogen-bond acceptors (Lipinski definition) is 5. The van der Waals surface area contributed by atoms with Crippen molar-refractivity contribution in [3.63, 3.8) is 0 Å². The van der Waals surface area contributed by atoms with Gasteiger partial charge in [-0.3, -0.25) is 14.5 Å². The highest BCUT2D eigenvalue weighted by Gasteiger charge is 2.44. The predicted molar refractivity (Wildman–Crippen MR) is 126 cm³/mol. The van der Waals surface area contributed by atoms with E-state index in [2.05, 4.69) is 23.2 Å². The highest BCUT2D eigenvalue weighted by Crippen LogP contribution is 2.35. The molecular formula is C26H42N4O3. The molecule has 2 aliphatic heterocycles. The number of ether oxygens (including phenoxy) is 1. The quantitative estimate of drug-likeness (QED) is 0.634. The fourth-order valence-electron chi connectivity index (χ4n) is 6.38. The molecule has 7 nitrogen and oxygen atoms in total. The number of carbonyl (C=O) groups excluding carboxylic acids is 2. The summed E-state index contributed by atoms with van der Waals surface area (Å²) in [6, 6.07) is 3.01. The van der Waals surface area contributed by atoms with Crippen molar-refractivity contribution < 1.29 is 14.3 Å². The van der Waals surface area contributed by atoms with Crippen LogP contribution >= 0.6 is 0 Å². The molecule has 0 aromatic heterocycles. The summed E-state index contributed by atoms with van der Waals surface area (Å²) in [6.45, 7) is 6.13. The van der Waals surface area contributed by atoms with Gasteiger partial charge in [-0.05, 0) is 37.5 Å². The molecule has 0 bridgehead atoms. The maximum absolute atomic E-state index is 13.6. The van der Waals surface area contributed by atoms with Crippen LogP contribution in [0.1, 0.15) is 77.6 Å². The first-order valence-electron chi connectivity index (χ1n) is 13.3. The first-order chi connectivity index (χ1) is 16.0. The molecule has 0 spiro atoms. The number of likely N-dealkylation sites (tertiary alicyclic amines) is 1. The van der Waals surface area contributed by atoms with Gasteiger partial charge < -0.3 is 15.0 Å². The molecule has 4 rings (SSSR count). The Hall–Kier alpha value is -1.65. The van der Waals surface area contributed by atoms with Crippen LogP contribution in [0.2, 0.25) is 0 Å². The Labute approximate surface area is 199 Å². The van der Waals surface area contributed by atoms with Gasteiger partial charge >= 0.3 is 0 Å². The zero-order valence-corrected chi connectivity index (χ0v) is 20.4. The standard InChI is InChI=1S/C26H42N4O3/c1-20-6-8-21(9-7-20)16-22(17-24(31)29-12-14-33-15-13-29)25(32)28-26(18-27)10-11-30(19-26)23-4-2-3-5-23/h20-23H,2-17,19H2,1H3,(H,28,32). The van der Waals surface area contributed by atoms with Crippen LogP contribution in [0.25, 0.3) is 0 Å². The van der Waals surface area contributed by atoms with Crippen molar-refractivity contribution in [2.75, 3.05) is 39.4 Å². The summed E-state index contributed by atoms with van der Waals surface area (Å²) in [6.07, 6.45) is 11.3. The van der Waals surface area contributed by atoms with E-state index in [1.807, 2.05) is 4.90 Å². The molecule has 4 aliphatic rings. The number of nitrogens with one attached hydrogen (secondary N) is 1. The van der Waals surface area contributed by atoms with E-state index in [1.54, 1.807) is 0 Å². The monoisotopic (exact) mass is 458 g/mol. The van der Waals surface area contributed by atoms with Crippen LogP contribution in [0.3, 0.4) is 0 Å².